The van der Waals surface area contributed by atoms with Crippen molar-refractivity contribution in [3.05, 3.63) is 71.7 Å². The molecule has 0 saturated heterocycles. The molecule has 1 heterocycles. The third-order valence-corrected chi connectivity index (χ3v) is 5.34. The Kier molecular flexibility index (Phi) is 7.76. The lowest BCUT2D eigenvalue weighted by atomic mass is 10.1. The van der Waals surface area contributed by atoms with Crippen LogP contribution in [0.4, 0.5) is 4.39 Å². The Labute approximate surface area is 188 Å². The maximum absolute atomic E-state index is 13.3. The summed E-state index contributed by atoms with van der Waals surface area (Å²) in [5, 5.41) is 7.51. The molecule has 2 amide bonds. The Morgan fingerprint density at radius 1 is 1.03 bits per heavy atom. The summed E-state index contributed by atoms with van der Waals surface area (Å²) in [5.74, 6) is -0.505. The van der Waals surface area contributed by atoms with Crippen molar-refractivity contribution in [3.8, 4) is 16.9 Å². The highest BCUT2D eigenvalue weighted by Crippen LogP contribution is 2.24. The number of halogens is 1. The van der Waals surface area contributed by atoms with Crippen LogP contribution in [0.15, 0.2) is 54.7 Å². The topological polar surface area (TPSA) is 67.2 Å². The number of hydrogen-bond acceptors (Lipinski definition) is 3. The lowest BCUT2D eigenvalue weighted by Crippen LogP contribution is -2.31. The maximum atomic E-state index is 13.3. The Morgan fingerprint density at radius 3 is 2.31 bits per heavy atom. The molecule has 0 aliphatic rings. The zero-order valence-electron chi connectivity index (χ0n) is 18.8. The Hall–Kier alpha value is -3.48. The van der Waals surface area contributed by atoms with Crippen molar-refractivity contribution in [2.24, 2.45) is 0 Å². The van der Waals surface area contributed by atoms with Gasteiger partial charge in [0, 0.05) is 37.8 Å². The second kappa shape index (κ2) is 10.7. The van der Waals surface area contributed by atoms with Crippen molar-refractivity contribution in [3.63, 3.8) is 0 Å². The smallest absolute Gasteiger partial charge is 0.255 e. The molecule has 0 atom stereocenters. The molecular weight excluding hydrogens is 407 g/mol. The van der Waals surface area contributed by atoms with Gasteiger partial charge in [-0.25, -0.2) is 9.07 Å². The first kappa shape index (κ1) is 23.2. The molecule has 0 aliphatic heterocycles. The van der Waals surface area contributed by atoms with E-state index in [-0.39, 0.29) is 17.6 Å². The van der Waals surface area contributed by atoms with Gasteiger partial charge in [0.25, 0.3) is 5.91 Å². The summed E-state index contributed by atoms with van der Waals surface area (Å²) in [7, 11) is 0. The average Bonchev–Trinajstić information content (AvgIpc) is 3.24. The van der Waals surface area contributed by atoms with Gasteiger partial charge >= 0.3 is 0 Å². The van der Waals surface area contributed by atoms with Crippen molar-refractivity contribution in [1.82, 2.24) is 20.0 Å². The number of nitrogens with one attached hydrogen (secondary N) is 1. The number of carbonyl (C=O) groups is 2. The Bertz CT molecular complexity index is 1050. The van der Waals surface area contributed by atoms with Gasteiger partial charge in [-0.2, -0.15) is 5.10 Å². The third-order valence-electron chi connectivity index (χ3n) is 5.34. The number of nitrogens with zero attached hydrogens (tertiary/aromatic N) is 3. The van der Waals surface area contributed by atoms with Crippen LogP contribution in [0.3, 0.4) is 0 Å². The van der Waals surface area contributed by atoms with E-state index in [2.05, 4.69) is 10.4 Å². The molecule has 1 N–H and O–H groups in total. The fraction of sp³-hybridized carbons (Fsp3) is 0.320. The lowest BCUT2D eigenvalue weighted by Gasteiger charge is -2.18. The molecule has 6 nitrogen and oxygen atoms in total. The first-order valence-electron chi connectivity index (χ1n) is 10.9. The van der Waals surface area contributed by atoms with Crippen LogP contribution < -0.4 is 5.32 Å². The van der Waals surface area contributed by atoms with Crippen LogP contribution in [0.2, 0.25) is 0 Å². The predicted octanol–water partition coefficient (Wildman–Crippen LogP) is 4.37. The molecular formula is C25H29FN4O2. The van der Waals surface area contributed by atoms with Gasteiger partial charge in [0.2, 0.25) is 5.91 Å². The van der Waals surface area contributed by atoms with Gasteiger partial charge in [-0.05, 0) is 51.5 Å². The van der Waals surface area contributed by atoms with Gasteiger partial charge in [0.15, 0.2) is 0 Å². The maximum Gasteiger partial charge on any atom is 0.255 e. The van der Waals surface area contributed by atoms with Crippen LogP contribution in [-0.2, 0) is 4.79 Å². The summed E-state index contributed by atoms with van der Waals surface area (Å²) < 4.78 is 14.9. The summed E-state index contributed by atoms with van der Waals surface area (Å²) in [6.07, 6.45) is 2.60. The fourth-order valence-electron chi connectivity index (χ4n) is 3.46. The van der Waals surface area contributed by atoms with E-state index in [0.29, 0.717) is 49.4 Å². The van der Waals surface area contributed by atoms with Crippen molar-refractivity contribution in [1.29, 1.82) is 0 Å². The van der Waals surface area contributed by atoms with Gasteiger partial charge in [-0.1, -0.05) is 29.8 Å². The Morgan fingerprint density at radius 2 is 1.69 bits per heavy atom. The zero-order valence-corrected chi connectivity index (χ0v) is 18.8. The quantitative estimate of drug-likeness (QED) is 0.507. The van der Waals surface area contributed by atoms with Crippen LogP contribution in [-0.4, -0.2) is 46.1 Å². The van der Waals surface area contributed by atoms with Gasteiger partial charge in [0.05, 0.1) is 11.3 Å². The summed E-state index contributed by atoms with van der Waals surface area (Å²) in [5.41, 5.74) is 3.55. The number of aromatic nitrogens is 2. The minimum Gasteiger partial charge on any atom is -0.352 e. The van der Waals surface area contributed by atoms with Crippen LogP contribution in [0.25, 0.3) is 16.9 Å². The second-order valence-corrected chi connectivity index (χ2v) is 7.60. The molecule has 168 valence electrons. The highest BCUT2D eigenvalue weighted by atomic mass is 19.1. The molecule has 0 radical (unpaired) electrons. The van der Waals surface area contributed by atoms with Crippen LogP contribution in [0.1, 0.15) is 42.6 Å². The number of rotatable bonds is 9. The van der Waals surface area contributed by atoms with Crippen LogP contribution >= 0.6 is 0 Å². The summed E-state index contributed by atoms with van der Waals surface area (Å²) in [4.78, 5) is 26.9. The summed E-state index contributed by atoms with van der Waals surface area (Å²) in [6, 6.07) is 13.7. The largest absolute Gasteiger partial charge is 0.352 e. The first-order valence-corrected chi connectivity index (χ1v) is 10.9. The molecule has 3 rings (SSSR count). The van der Waals surface area contributed by atoms with Crippen molar-refractivity contribution >= 4 is 11.8 Å². The SMILES string of the molecule is CCN(CC)C(=O)CCCNC(=O)c1cn(-c2ccc(F)cc2)nc1-c1ccc(C)cc1. The zero-order chi connectivity index (χ0) is 23.1. The molecule has 1 aromatic heterocycles. The number of benzene rings is 2. The van der Waals surface area contributed by atoms with Gasteiger partial charge < -0.3 is 10.2 Å². The van der Waals surface area contributed by atoms with Gasteiger partial charge in [-0.3, -0.25) is 9.59 Å². The summed E-state index contributed by atoms with van der Waals surface area (Å²) >= 11 is 0. The third kappa shape index (κ3) is 5.60. The molecule has 2 aromatic carbocycles. The minimum atomic E-state index is -0.336. The van der Waals surface area contributed by atoms with E-state index in [1.165, 1.54) is 12.1 Å². The predicted molar refractivity (Wildman–Crippen MR) is 123 cm³/mol. The van der Waals surface area contributed by atoms with Gasteiger partial charge in [0.1, 0.15) is 11.5 Å². The molecule has 0 unspecified atom stereocenters. The molecule has 0 aliphatic carbocycles. The van der Waals surface area contributed by atoms with Gasteiger partial charge in [-0.15, -0.1) is 0 Å². The average molecular weight is 437 g/mol. The molecule has 0 spiro atoms. The molecule has 0 bridgehead atoms. The van der Waals surface area contributed by atoms with E-state index in [9.17, 15) is 14.0 Å². The standard InChI is InChI=1S/C25H29FN4O2/c1-4-29(5-2)23(31)7-6-16-27-25(32)22-17-30(21-14-12-20(26)13-15-21)28-24(22)19-10-8-18(3)9-11-19/h8-15,17H,4-7,16H2,1-3H3,(H,27,32). The molecule has 0 saturated carbocycles. The highest BCUT2D eigenvalue weighted by molar-refractivity contribution is 6.00. The van der Waals surface area contributed by atoms with Crippen LogP contribution in [0.5, 0.6) is 0 Å². The monoisotopic (exact) mass is 436 g/mol. The minimum absolute atomic E-state index is 0.0914. The molecule has 7 heteroatoms. The van der Waals surface area contributed by atoms with Crippen LogP contribution in [0, 0.1) is 12.7 Å². The molecule has 32 heavy (non-hydrogen) atoms. The fourth-order valence-corrected chi connectivity index (χ4v) is 3.46. The lowest BCUT2D eigenvalue weighted by molar-refractivity contribution is -0.130. The van der Waals surface area contributed by atoms with E-state index in [0.717, 1.165) is 11.1 Å². The van der Waals surface area contributed by atoms with E-state index < -0.39 is 0 Å². The van der Waals surface area contributed by atoms with E-state index >= 15 is 0 Å². The molecule has 3 aromatic rings. The number of carbonyl (C=O) groups excluding carboxylic acids is 2. The van der Waals surface area contributed by atoms with E-state index in [4.69, 9.17) is 0 Å². The van der Waals surface area contributed by atoms with E-state index in [1.807, 2.05) is 45.0 Å². The number of aryl methyl sites for hydroxylation is 1. The Balaban J connectivity index is 1.77. The second-order valence-electron chi connectivity index (χ2n) is 7.60. The number of amides is 2. The summed E-state index contributed by atoms with van der Waals surface area (Å²) in [6.45, 7) is 7.66. The number of hydrogen-bond donors (Lipinski definition) is 1. The van der Waals surface area contributed by atoms with Crippen molar-refractivity contribution in [2.45, 2.75) is 33.6 Å². The van der Waals surface area contributed by atoms with E-state index in [1.54, 1.807) is 27.9 Å². The van der Waals surface area contributed by atoms with Crippen molar-refractivity contribution in [2.75, 3.05) is 19.6 Å². The molecule has 0 fully saturated rings. The first-order chi connectivity index (χ1) is 15.4. The highest BCUT2D eigenvalue weighted by Gasteiger charge is 2.19. The van der Waals surface area contributed by atoms with Crippen molar-refractivity contribution < 1.29 is 14.0 Å². The normalized spacial score (nSPS) is 10.8.